The van der Waals surface area contributed by atoms with E-state index in [0.717, 1.165) is 0 Å². The Hall–Kier alpha value is -3.13. The van der Waals surface area contributed by atoms with E-state index in [9.17, 15) is 14.9 Å². The third-order valence-corrected chi connectivity index (χ3v) is 3.02. The van der Waals surface area contributed by atoms with Gasteiger partial charge in [0.1, 0.15) is 6.04 Å². The maximum atomic E-state index is 12.2. The van der Waals surface area contributed by atoms with Crippen LogP contribution in [-0.2, 0) is 4.79 Å². The summed E-state index contributed by atoms with van der Waals surface area (Å²) in [5.74, 6) is -0.580. The van der Waals surface area contributed by atoms with Crippen LogP contribution < -0.4 is 10.6 Å². The zero-order chi connectivity index (χ0) is 15.9. The minimum absolute atomic E-state index is 0.237. The number of carbonyl (C=O) groups excluding carboxylic acids is 2. The van der Waals surface area contributed by atoms with E-state index >= 15 is 0 Å². The number of benzene rings is 2. The number of hydrogen-bond acceptors (Lipinski definition) is 3. The number of para-hydroxylation sites is 1. The summed E-state index contributed by atoms with van der Waals surface area (Å²) >= 11 is 0. The minimum atomic E-state index is -0.851. The highest BCUT2D eigenvalue weighted by molar-refractivity contribution is 5.95. The van der Waals surface area contributed by atoms with Gasteiger partial charge in [-0.2, -0.15) is 5.26 Å². The van der Waals surface area contributed by atoms with Crippen LogP contribution in [0.25, 0.3) is 0 Å². The number of amides is 2. The fourth-order valence-corrected chi connectivity index (χ4v) is 2.04. The molecule has 2 aromatic carbocycles. The van der Waals surface area contributed by atoms with Crippen molar-refractivity contribution in [1.82, 2.24) is 5.32 Å². The molecule has 5 heteroatoms. The molecule has 0 bridgehead atoms. The molecule has 5 nitrogen and oxygen atoms in total. The summed E-state index contributed by atoms with van der Waals surface area (Å²) in [6, 6.07) is 16.7. The number of carbonyl (C=O) groups is 2. The molecule has 2 N–H and O–H groups in total. The van der Waals surface area contributed by atoms with Crippen molar-refractivity contribution in [1.29, 1.82) is 5.26 Å². The molecule has 0 aromatic heterocycles. The zero-order valence-corrected chi connectivity index (χ0v) is 12.0. The molecule has 0 saturated heterocycles. The zero-order valence-electron chi connectivity index (χ0n) is 12.0. The SMILES string of the molecule is CC(=O)Nc1ccccc1C(C#N)NC(=O)c1ccccc1. The van der Waals surface area contributed by atoms with Gasteiger partial charge in [-0.1, -0.05) is 36.4 Å². The van der Waals surface area contributed by atoms with Gasteiger partial charge in [0, 0.05) is 23.7 Å². The average Bonchev–Trinajstić information content (AvgIpc) is 2.53. The van der Waals surface area contributed by atoms with Crippen LogP contribution in [0.3, 0.4) is 0 Å². The minimum Gasteiger partial charge on any atom is -0.332 e. The van der Waals surface area contributed by atoms with E-state index in [1.54, 1.807) is 48.5 Å². The van der Waals surface area contributed by atoms with Gasteiger partial charge < -0.3 is 10.6 Å². The molecule has 0 aliphatic heterocycles. The van der Waals surface area contributed by atoms with Crippen LogP contribution in [0.2, 0.25) is 0 Å². The molecule has 0 aliphatic rings. The Bertz CT molecular complexity index is 720. The predicted molar refractivity (Wildman–Crippen MR) is 83.0 cm³/mol. The molecule has 0 saturated carbocycles. The first kappa shape index (κ1) is 15.3. The van der Waals surface area contributed by atoms with E-state index in [2.05, 4.69) is 10.6 Å². The second kappa shape index (κ2) is 7.04. The van der Waals surface area contributed by atoms with Crippen LogP contribution in [0.1, 0.15) is 28.9 Å². The molecular formula is C17H15N3O2. The van der Waals surface area contributed by atoms with Gasteiger partial charge in [-0.25, -0.2) is 0 Å². The Morgan fingerprint density at radius 2 is 1.68 bits per heavy atom. The normalized spacial score (nSPS) is 11.1. The van der Waals surface area contributed by atoms with Gasteiger partial charge >= 0.3 is 0 Å². The highest BCUT2D eigenvalue weighted by Gasteiger charge is 2.18. The number of hydrogen-bond donors (Lipinski definition) is 2. The van der Waals surface area contributed by atoms with Crippen LogP contribution >= 0.6 is 0 Å². The van der Waals surface area contributed by atoms with Gasteiger partial charge in [0.15, 0.2) is 0 Å². The number of nitrogens with one attached hydrogen (secondary N) is 2. The second-order valence-corrected chi connectivity index (χ2v) is 4.67. The molecule has 2 amide bonds. The maximum absolute atomic E-state index is 12.2. The lowest BCUT2D eigenvalue weighted by Gasteiger charge is -2.16. The smallest absolute Gasteiger partial charge is 0.252 e. The first-order chi connectivity index (χ1) is 10.6. The molecule has 0 radical (unpaired) electrons. The fourth-order valence-electron chi connectivity index (χ4n) is 2.04. The predicted octanol–water partition coefficient (Wildman–Crippen LogP) is 2.64. The van der Waals surface area contributed by atoms with Gasteiger partial charge in [-0.05, 0) is 18.2 Å². The molecule has 0 aliphatic carbocycles. The summed E-state index contributed by atoms with van der Waals surface area (Å²) in [5.41, 5.74) is 1.53. The Balaban J connectivity index is 2.24. The Kier molecular flexibility index (Phi) is 4.89. The van der Waals surface area contributed by atoms with E-state index in [1.807, 2.05) is 12.1 Å². The van der Waals surface area contributed by atoms with Crippen LogP contribution in [0, 0.1) is 11.3 Å². The van der Waals surface area contributed by atoms with Crippen molar-refractivity contribution >= 4 is 17.5 Å². The van der Waals surface area contributed by atoms with Crippen molar-refractivity contribution in [2.75, 3.05) is 5.32 Å². The van der Waals surface area contributed by atoms with Crippen LogP contribution in [-0.4, -0.2) is 11.8 Å². The molecule has 2 rings (SSSR count). The number of nitrogens with zero attached hydrogens (tertiary/aromatic N) is 1. The van der Waals surface area contributed by atoms with E-state index in [1.165, 1.54) is 6.92 Å². The van der Waals surface area contributed by atoms with Crippen molar-refractivity contribution in [2.24, 2.45) is 0 Å². The maximum Gasteiger partial charge on any atom is 0.252 e. The molecule has 1 atom stereocenters. The van der Waals surface area contributed by atoms with E-state index in [0.29, 0.717) is 16.8 Å². The van der Waals surface area contributed by atoms with Gasteiger partial charge in [-0.3, -0.25) is 9.59 Å². The molecule has 2 aromatic rings. The third kappa shape index (κ3) is 3.70. The lowest BCUT2D eigenvalue weighted by atomic mass is 10.0. The third-order valence-electron chi connectivity index (χ3n) is 3.02. The first-order valence-corrected chi connectivity index (χ1v) is 6.74. The summed E-state index contributed by atoms with van der Waals surface area (Å²) < 4.78 is 0. The Morgan fingerprint density at radius 1 is 1.05 bits per heavy atom. The van der Waals surface area contributed by atoms with Crippen LogP contribution in [0.15, 0.2) is 54.6 Å². The standard InChI is InChI=1S/C17H15N3O2/c1-12(21)19-15-10-6-5-9-14(15)16(11-18)20-17(22)13-7-3-2-4-8-13/h2-10,16H,1H3,(H,19,21)(H,20,22). The molecule has 0 fully saturated rings. The largest absolute Gasteiger partial charge is 0.332 e. The quantitative estimate of drug-likeness (QED) is 0.909. The van der Waals surface area contributed by atoms with Crippen molar-refractivity contribution in [2.45, 2.75) is 13.0 Å². The molecule has 22 heavy (non-hydrogen) atoms. The Labute approximate surface area is 128 Å². The van der Waals surface area contributed by atoms with Crippen molar-refractivity contribution in [3.8, 4) is 6.07 Å². The first-order valence-electron chi connectivity index (χ1n) is 6.74. The van der Waals surface area contributed by atoms with Crippen molar-refractivity contribution < 1.29 is 9.59 Å². The highest BCUT2D eigenvalue weighted by Crippen LogP contribution is 2.22. The molecule has 0 heterocycles. The summed E-state index contributed by atoms with van der Waals surface area (Å²) in [6.45, 7) is 1.39. The molecule has 110 valence electrons. The van der Waals surface area contributed by atoms with Gasteiger partial charge in [0.2, 0.25) is 5.91 Å². The lowest BCUT2D eigenvalue weighted by Crippen LogP contribution is -2.28. The summed E-state index contributed by atoms with van der Waals surface area (Å²) in [6.07, 6.45) is 0. The lowest BCUT2D eigenvalue weighted by molar-refractivity contribution is -0.114. The van der Waals surface area contributed by atoms with Crippen LogP contribution in [0.4, 0.5) is 5.69 Å². The van der Waals surface area contributed by atoms with Gasteiger partial charge in [0.05, 0.1) is 6.07 Å². The monoisotopic (exact) mass is 293 g/mol. The van der Waals surface area contributed by atoms with E-state index in [-0.39, 0.29) is 11.8 Å². The Morgan fingerprint density at radius 3 is 2.32 bits per heavy atom. The molecule has 1 unspecified atom stereocenters. The molecular weight excluding hydrogens is 278 g/mol. The number of rotatable bonds is 4. The average molecular weight is 293 g/mol. The summed E-state index contributed by atoms with van der Waals surface area (Å²) in [4.78, 5) is 23.4. The topological polar surface area (TPSA) is 82.0 Å². The highest BCUT2D eigenvalue weighted by atomic mass is 16.2. The van der Waals surface area contributed by atoms with Crippen LogP contribution in [0.5, 0.6) is 0 Å². The van der Waals surface area contributed by atoms with Crippen molar-refractivity contribution in [3.05, 3.63) is 65.7 Å². The van der Waals surface area contributed by atoms with E-state index < -0.39 is 6.04 Å². The van der Waals surface area contributed by atoms with E-state index in [4.69, 9.17) is 0 Å². The van der Waals surface area contributed by atoms with Gasteiger partial charge in [0.25, 0.3) is 5.91 Å². The number of nitriles is 1. The fraction of sp³-hybridized carbons (Fsp3) is 0.118. The van der Waals surface area contributed by atoms with Crippen molar-refractivity contribution in [3.63, 3.8) is 0 Å². The van der Waals surface area contributed by atoms with Gasteiger partial charge in [-0.15, -0.1) is 0 Å². The number of anilines is 1. The summed E-state index contributed by atoms with van der Waals surface area (Å²) in [7, 11) is 0. The summed E-state index contributed by atoms with van der Waals surface area (Å²) in [5, 5.41) is 14.7. The second-order valence-electron chi connectivity index (χ2n) is 4.67. The molecule has 0 spiro atoms.